The predicted molar refractivity (Wildman–Crippen MR) is 113 cm³/mol. The van der Waals surface area contributed by atoms with Gasteiger partial charge in [0, 0.05) is 0 Å². The van der Waals surface area contributed by atoms with Gasteiger partial charge in [0.05, 0.1) is 0 Å². The molecule has 0 rings (SSSR count). The van der Waals surface area contributed by atoms with Crippen molar-refractivity contribution in [3.05, 3.63) is 9.29 Å². The summed E-state index contributed by atoms with van der Waals surface area (Å²) < 4.78 is 6.61. The molecule has 0 aliphatic carbocycles. The van der Waals surface area contributed by atoms with Crippen molar-refractivity contribution >= 4 is 26.5 Å². The van der Waals surface area contributed by atoms with Gasteiger partial charge < -0.3 is 0 Å². The van der Waals surface area contributed by atoms with Crippen molar-refractivity contribution in [1.82, 2.24) is 0 Å². The Hall–Kier alpha value is 0.716. The van der Waals surface area contributed by atoms with Crippen LogP contribution >= 0.6 is 0 Å². The van der Waals surface area contributed by atoms with E-state index in [1.54, 1.807) is 13.3 Å². The van der Waals surface area contributed by atoms with Gasteiger partial charge in [0.2, 0.25) is 0 Å². The first-order chi connectivity index (χ1) is 10.8. The first-order valence-electron chi connectivity index (χ1n) is 10.2. The Labute approximate surface area is 152 Å². The minimum absolute atomic E-state index is 0.361. The van der Waals surface area contributed by atoms with Crippen molar-refractivity contribution in [2.24, 2.45) is 0 Å². The van der Waals surface area contributed by atoms with E-state index in [2.05, 4.69) is 46.1 Å². The fourth-order valence-electron chi connectivity index (χ4n) is 3.68. The quantitative estimate of drug-likeness (QED) is 0.286. The van der Waals surface area contributed by atoms with Crippen LogP contribution in [0.1, 0.15) is 72.1 Å². The summed E-state index contributed by atoms with van der Waals surface area (Å²) in [5.74, 6) is 0. The summed E-state index contributed by atoms with van der Waals surface area (Å²) in [6, 6.07) is 0. The summed E-state index contributed by atoms with van der Waals surface area (Å²) in [5, 5.41) is 9.41. The summed E-state index contributed by atoms with van der Waals surface area (Å²) >= 11 is -2.25. The Morgan fingerprint density at radius 3 is 1.57 bits per heavy atom. The number of rotatable bonds is 14. The first kappa shape index (κ1) is 23.7. The molecular formula is C20H44OSiSn. The van der Waals surface area contributed by atoms with Crippen molar-refractivity contribution in [1.29, 1.82) is 0 Å². The summed E-state index contributed by atoms with van der Waals surface area (Å²) in [4.78, 5) is 0. The SMILES string of the molecule is CCC[CH2][Sn]([CH2]CCC)([CH2]CCC)/[C](=C/[Si](C)(C)C)CCCO. The third-order valence-electron chi connectivity index (χ3n) is 4.92. The van der Waals surface area contributed by atoms with Gasteiger partial charge in [0.1, 0.15) is 0 Å². The molecule has 0 fully saturated rings. The van der Waals surface area contributed by atoms with Gasteiger partial charge in [0.25, 0.3) is 0 Å². The molecule has 0 unspecified atom stereocenters. The summed E-state index contributed by atoms with van der Waals surface area (Å²) in [7, 11) is -1.19. The molecule has 0 amide bonds. The normalized spacial score (nSPS) is 13.6. The average Bonchev–Trinajstić information content (AvgIpc) is 2.50. The van der Waals surface area contributed by atoms with E-state index >= 15 is 0 Å². The van der Waals surface area contributed by atoms with E-state index in [1.165, 1.54) is 44.9 Å². The molecule has 0 saturated heterocycles. The Balaban J connectivity index is 5.65. The Kier molecular flexibility index (Phi) is 13.4. The number of aliphatic hydroxyl groups excluding tert-OH is 1. The van der Waals surface area contributed by atoms with Crippen LogP contribution in [-0.4, -0.2) is 38.2 Å². The van der Waals surface area contributed by atoms with E-state index in [4.69, 9.17) is 0 Å². The van der Waals surface area contributed by atoms with Crippen molar-refractivity contribution in [2.75, 3.05) is 6.61 Å². The number of allylic oxidation sites excluding steroid dienone is 1. The van der Waals surface area contributed by atoms with Gasteiger partial charge in [-0.3, -0.25) is 0 Å². The van der Waals surface area contributed by atoms with Crippen molar-refractivity contribution in [3.8, 4) is 0 Å². The van der Waals surface area contributed by atoms with E-state index in [0.29, 0.717) is 6.61 Å². The standard InChI is InChI=1S/C8H17OSi.3C4H9.Sn/c1-10(2,3)8-6-4-5-7-9;3*1-3-4-2;/h8-9H,4-5,7H2,1-3H3;3*1,3-4H2,2H3;. The molecule has 23 heavy (non-hydrogen) atoms. The second-order valence-corrected chi connectivity index (χ2v) is 26.9. The molecule has 3 heteroatoms. The van der Waals surface area contributed by atoms with E-state index in [0.717, 1.165) is 6.42 Å². The number of hydrogen-bond acceptors (Lipinski definition) is 1. The predicted octanol–water partition coefficient (Wildman–Crippen LogP) is 6.95. The molecule has 0 aromatic heterocycles. The van der Waals surface area contributed by atoms with Gasteiger partial charge in [-0.25, -0.2) is 0 Å². The van der Waals surface area contributed by atoms with E-state index in [1.807, 2.05) is 3.59 Å². The Morgan fingerprint density at radius 1 is 0.826 bits per heavy atom. The summed E-state index contributed by atoms with van der Waals surface area (Å²) in [6.07, 6.45) is 10.5. The van der Waals surface area contributed by atoms with Crippen LogP contribution in [-0.2, 0) is 0 Å². The van der Waals surface area contributed by atoms with Crippen LogP contribution in [0.15, 0.2) is 9.29 Å². The van der Waals surface area contributed by atoms with Crippen LogP contribution in [0.25, 0.3) is 0 Å². The second-order valence-electron chi connectivity index (χ2n) is 8.45. The zero-order chi connectivity index (χ0) is 17.8. The van der Waals surface area contributed by atoms with Crippen LogP contribution < -0.4 is 0 Å². The van der Waals surface area contributed by atoms with Gasteiger partial charge in [0.15, 0.2) is 0 Å². The van der Waals surface area contributed by atoms with Crippen LogP contribution in [0.5, 0.6) is 0 Å². The molecule has 1 nitrogen and oxygen atoms in total. The molecule has 0 spiro atoms. The first-order valence-corrected chi connectivity index (χ1v) is 21.2. The second kappa shape index (κ2) is 13.0. The van der Waals surface area contributed by atoms with Gasteiger partial charge in [-0.2, -0.15) is 0 Å². The molecule has 0 aliphatic heterocycles. The van der Waals surface area contributed by atoms with Gasteiger partial charge >= 0.3 is 153 Å². The molecule has 0 bridgehead atoms. The number of unbranched alkanes of at least 4 members (excludes halogenated alkanes) is 3. The Bertz CT molecular complexity index is 298. The third-order valence-corrected chi connectivity index (χ3v) is 23.2. The fraction of sp³-hybridized carbons (Fsp3) is 0.900. The topological polar surface area (TPSA) is 20.2 Å². The van der Waals surface area contributed by atoms with E-state index in [-0.39, 0.29) is 0 Å². The van der Waals surface area contributed by atoms with Gasteiger partial charge in [-0.1, -0.05) is 0 Å². The van der Waals surface area contributed by atoms with Crippen molar-refractivity contribution in [2.45, 2.75) is 105 Å². The molecule has 0 aromatic rings. The minimum atomic E-state index is -2.25. The van der Waals surface area contributed by atoms with Crippen LogP contribution in [0.4, 0.5) is 0 Å². The molecule has 0 saturated carbocycles. The number of aliphatic hydroxyl groups is 1. The summed E-state index contributed by atoms with van der Waals surface area (Å²) in [6.45, 7) is 14.9. The van der Waals surface area contributed by atoms with Crippen LogP contribution in [0.3, 0.4) is 0 Å². The van der Waals surface area contributed by atoms with E-state index < -0.39 is 26.5 Å². The molecule has 0 radical (unpaired) electrons. The van der Waals surface area contributed by atoms with Crippen molar-refractivity contribution in [3.63, 3.8) is 0 Å². The third kappa shape index (κ3) is 10.3. The molecule has 0 atom stereocenters. The average molecular weight is 447 g/mol. The molecule has 0 aromatic carbocycles. The monoisotopic (exact) mass is 448 g/mol. The molecular weight excluding hydrogens is 403 g/mol. The maximum absolute atomic E-state index is 9.41. The molecule has 138 valence electrons. The molecule has 1 N–H and O–H groups in total. The van der Waals surface area contributed by atoms with Crippen LogP contribution in [0.2, 0.25) is 33.0 Å². The fourth-order valence-corrected chi connectivity index (χ4v) is 27.2. The van der Waals surface area contributed by atoms with Crippen LogP contribution in [0, 0.1) is 0 Å². The number of hydrogen-bond donors (Lipinski definition) is 1. The zero-order valence-corrected chi connectivity index (χ0v) is 20.9. The maximum atomic E-state index is 9.41. The van der Waals surface area contributed by atoms with Crippen molar-refractivity contribution < 1.29 is 5.11 Å². The molecule has 0 aliphatic rings. The zero-order valence-electron chi connectivity index (χ0n) is 17.0. The Morgan fingerprint density at radius 2 is 1.26 bits per heavy atom. The van der Waals surface area contributed by atoms with Gasteiger partial charge in [-0.15, -0.1) is 0 Å². The summed E-state index contributed by atoms with van der Waals surface area (Å²) in [5.41, 5.74) is 2.78. The molecule has 0 heterocycles. The van der Waals surface area contributed by atoms with E-state index in [9.17, 15) is 5.11 Å². The van der Waals surface area contributed by atoms with Gasteiger partial charge in [-0.05, 0) is 0 Å².